The van der Waals surface area contributed by atoms with Crippen LogP contribution in [0.2, 0.25) is 0 Å². The number of hydrogen-bond acceptors (Lipinski definition) is 3. The monoisotopic (exact) mass is 276 g/mol. The van der Waals surface area contributed by atoms with E-state index in [4.69, 9.17) is 4.74 Å². The number of amides is 1. The molecule has 20 heavy (non-hydrogen) atoms. The van der Waals surface area contributed by atoms with Crippen molar-refractivity contribution in [3.8, 4) is 0 Å². The van der Waals surface area contributed by atoms with Crippen molar-refractivity contribution in [2.24, 2.45) is 5.92 Å². The molecule has 2 N–H and O–H groups in total. The molecule has 1 aliphatic rings. The Bertz CT molecular complexity index is 448. The van der Waals surface area contributed by atoms with Gasteiger partial charge in [-0.05, 0) is 43.0 Å². The number of rotatable bonds is 5. The van der Waals surface area contributed by atoms with Gasteiger partial charge in [0.1, 0.15) is 0 Å². The minimum absolute atomic E-state index is 0.0673. The average Bonchev–Trinajstić information content (AvgIpc) is 2.48. The average molecular weight is 276 g/mol. The second-order valence-electron chi connectivity index (χ2n) is 5.43. The molecule has 0 bridgehead atoms. The van der Waals surface area contributed by atoms with E-state index in [1.165, 1.54) is 6.42 Å². The fraction of sp³-hybridized carbons (Fsp3) is 0.562. The summed E-state index contributed by atoms with van der Waals surface area (Å²) in [5.41, 5.74) is 1.90. The van der Waals surface area contributed by atoms with Crippen molar-refractivity contribution in [1.29, 1.82) is 0 Å². The Morgan fingerprint density at radius 2 is 2.35 bits per heavy atom. The number of anilines is 1. The number of methoxy groups -OCH3 is 1. The summed E-state index contributed by atoms with van der Waals surface area (Å²) in [6.07, 6.45) is 3.25. The first-order chi connectivity index (χ1) is 9.72. The third-order valence-corrected chi connectivity index (χ3v) is 3.91. The Morgan fingerprint density at radius 1 is 1.50 bits per heavy atom. The van der Waals surface area contributed by atoms with E-state index in [1.54, 1.807) is 7.11 Å². The molecule has 0 saturated carbocycles. The molecule has 0 aliphatic carbocycles. The van der Waals surface area contributed by atoms with Gasteiger partial charge in [-0.3, -0.25) is 4.79 Å². The van der Waals surface area contributed by atoms with Crippen LogP contribution in [0.5, 0.6) is 0 Å². The molecule has 1 aromatic rings. The fourth-order valence-corrected chi connectivity index (χ4v) is 2.70. The normalized spacial score (nSPS) is 22.5. The highest BCUT2D eigenvalue weighted by Crippen LogP contribution is 2.20. The van der Waals surface area contributed by atoms with Crippen molar-refractivity contribution < 1.29 is 9.53 Å². The molecule has 1 saturated heterocycles. The van der Waals surface area contributed by atoms with Gasteiger partial charge in [0.15, 0.2) is 0 Å². The van der Waals surface area contributed by atoms with Crippen LogP contribution in [0.1, 0.15) is 31.7 Å². The molecule has 2 atom stereocenters. The molecular weight excluding hydrogens is 252 g/mol. The fourth-order valence-electron chi connectivity index (χ4n) is 2.70. The zero-order valence-electron chi connectivity index (χ0n) is 12.3. The molecular formula is C16H24N2O2. The molecule has 0 spiro atoms. The summed E-state index contributed by atoms with van der Waals surface area (Å²) in [5.74, 6) is 0.726. The van der Waals surface area contributed by atoms with Crippen LogP contribution in [0.4, 0.5) is 5.69 Å². The molecule has 1 fully saturated rings. The van der Waals surface area contributed by atoms with Crippen LogP contribution in [-0.2, 0) is 16.1 Å². The Hall–Kier alpha value is -1.39. The summed E-state index contributed by atoms with van der Waals surface area (Å²) in [5, 5.41) is 6.30. The summed E-state index contributed by atoms with van der Waals surface area (Å²) >= 11 is 0. The quantitative estimate of drug-likeness (QED) is 0.869. The lowest BCUT2D eigenvalue weighted by Crippen LogP contribution is -2.46. The molecule has 2 rings (SSSR count). The van der Waals surface area contributed by atoms with E-state index in [0.29, 0.717) is 12.5 Å². The van der Waals surface area contributed by atoms with E-state index in [2.05, 4.69) is 17.6 Å². The molecule has 1 aliphatic heterocycles. The minimum Gasteiger partial charge on any atom is -0.380 e. The standard InChI is InChI=1S/C16H24N2O2/c1-3-12-7-8-17-15(10-12)16(19)18-14-6-4-5-13(9-14)11-20-2/h4-6,9,12,15,17H,3,7-8,10-11H2,1-2H3,(H,18,19). The summed E-state index contributed by atoms with van der Waals surface area (Å²) in [7, 11) is 1.67. The molecule has 4 heteroatoms. The maximum atomic E-state index is 12.3. The largest absolute Gasteiger partial charge is 0.380 e. The number of carbonyl (C=O) groups is 1. The molecule has 0 aromatic heterocycles. The van der Waals surface area contributed by atoms with Crippen molar-refractivity contribution in [2.45, 2.75) is 38.8 Å². The summed E-state index contributed by atoms with van der Waals surface area (Å²) in [4.78, 5) is 12.3. The predicted octanol–water partition coefficient (Wildman–Crippen LogP) is 2.55. The number of benzene rings is 1. The van der Waals surface area contributed by atoms with Crippen LogP contribution in [0.15, 0.2) is 24.3 Å². The number of hydrogen-bond donors (Lipinski definition) is 2. The highest BCUT2D eigenvalue weighted by Gasteiger charge is 2.25. The Morgan fingerprint density at radius 3 is 3.10 bits per heavy atom. The SMILES string of the molecule is CCC1CCNC(C(=O)Nc2cccc(COC)c2)C1. The lowest BCUT2D eigenvalue weighted by Gasteiger charge is -2.28. The van der Waals surface area contributed by atoms with Gasteiger partial charge in [0.2, 0.25) is 5.91 Å². The molecule has 1 amide bonds. The van der Waals surface area contributed by atoms with Gasteiger partial charge in [-0.2, -0.15) is 0 Å². The Kier molecular flexibility index (Phi) is 5.56. The van der Waals surface area contributed by atoms with E-state index >= 15 is 0 Å². The van der Waals surface area contributed by atoms with E-state index in [0.717, 1.165) is 30.6 Å². The van der Waals surface area contributed by atoms with Crippen molar-refractivity contribution >= 4 is 11.6 Å². The van der Waals surface area contributed by atoms with Crippen LogP contribution in [0.3, 0.4) is 0 Å². The van der Waals surface area contributed by atoms with E-state index in [9.17, 15) is 4.79 Å². The van der Waals surface area contributed by atoms with Gasteiger partial charge < -0.3 is 15.4 Å². The van der Waals surface area contributed by atoms with Gasteiger partial charge in [0, 0.05) is 12.8 Å². The minimum atomic E-state index is -0.0696. The summed E-state index contributed by atoms with van der Waals surface area (Å²) in [6.45, 7) is 3.68. The van der Waals surface area contributed by atoms with Gasteiger partial charge in [0.25, 0.3) is 0 Å². The van der Waals surface area contributed by atoms with Crippen LogP contribution in [-0.4, -0.2) is 25.6 Å². The van der Waals surface area contributed by atoms with Gasteiger partial charge in [-0.15, -0.1) is 0 Å². The molecule has 2 unspecified atom stereocenters. The van der Waals surface area contributed by atoms with Gasteiger partial charge in [-0.1, -0.05) is 25.5 Å². The molecule has 110 valence electrons. The summed E-state index contributed by atoms with van der Waals surface area (Å²) < 4.78 is 5.11. The maximum absolute atomic E-state index is 12.3. The van der Waals surface area contributed by atoms with Crippen molar-refractivity contribution in [1.82, 2.24) is 5.32 Å². The smallest absolute Gasteiger partial charge is 0.241 e. The zero-order valence-corrected chi connectivity index (χ0v) is 12.3. The third kappa shape index (κ3) is 4.05. The van der Waals surface area contributed by atoms with E-state index < -0.39 is 0 Å². The second kappa shape index (κ2) is 7.41. The molecule has 1 aromatic carbocycles. The van der Waals surface area contributed by atoms with Crippen molar-refractivity contribution in [3.05, 3.63) is 29.8 Å². The number of carbonyl (C=O) groups excluding carboxylic acids is 1. The van der Waals surface area contributed by atoms with Crippen molar-refractivity contribution in [3.63, 3.8) is 0 Å². The first-order valence-corrected chi connectivity index (χ1v) is 7.35. The van der Waals surface area contributed by atoms with E-state index in [-0.39, 0.29) is 11.9 Å². The summed E-state index contributed by atoms with van der Waals surface area (Å²) in [6, 6.07) is 7.73. The van der Waals surface area contributed by atoms with E-state index in [1.807, 2.05) is 24.3 Å². The van der Waals surface area contributed by atoms with Gasteiger partial charge in [0.05, 0.1) is 12.6 Å². The van der Waals surface area contributed by atoms with Crippen LogP contribution >= 0.6 is 0 Å². The van der Waals surface area contributed by atoms with Gasteiger partial charge >= 0.3 is 0 Å². The first kappa shape index (κ1) is 15.0. The van der Waals surface area contributed by atoms with Crippen LogP contribution < -0.4 is 10.6 Å². The highest BCUT2D eigenvalue weighted by molar-refractivity contribution is 5.94. The number of nitrogens with one attached hydrogen (secondary N) is 2. The topological polar surface area (TPSA) is 50.4 Å². The molecule has 0 radical (unpaired) electrons. The third-order valence-electron chi connectivity index (χ3n) is 3.91. The second-order valence-corrected chi connectivity index (χ2v) is 5.43. The Labute approximate surface area is 120 Å². The first-order valence-electron chi connectivity index (χ1n) is 7.35. The van der Waals surface area contributed by atoms with Crippen molar-refractivity contribution in [2.75, 3.05) is 19.0 Å². The Balaban J connectivity index is 1.95. The highest BCUT2D eigenvalue weighted by atomic mass is 16.5. The predicted molar refractivity (Wildman–Crippen MR) is 80.6 cm³/mol. The van der Waals surface area contributed by atoms with Crippen LogP contribution in [0, 0.1) is 5.92 Å². The molecule has 1 heterocycles. The lowest BCUT2D eigenvalue weighted by atomic mass is 9.90. The zero-order chi connectivity index (χ0) is 14.4. The number of ether oxygens (including phenoxy) is 1. The lowest BCUT2D eigenvalue weighted by molar-refractivity contribution is -0.119. The number of piperidine rings is 1. The maximum Gasteiger partial charge on any atom is 0.241 e. The van der Waals surface area contributed by atoms with Gasteiger partial charge in [-0.25, -0.2) is 0 Å². The van der Waals surface area contributed by atoms with Crippen LogP contribution in [0.25, 0.3) is 0 Å². The molecule has 4 nitrogen and oxygen atoms in total.